The van der Waals surface area contributed by atoms with Crippen molar-refractivity contribution >= 4 is 50.0 Å². The van der Waals surface area contributed by atoms with E-state index < -0.39 is 12.1 Å². The summed E-state index contributed by atoms with van der Waals surface area (Å²) < 4.78 is 18.9. The minimum atomic E-state index is -1.10. The molecule has 0 spiro atoms. The molecule has 0 unspecified atom stereocenters. The standard InChI is InChI=1S/C27H20BrN3O6/c1-15(27(33)34)36-22-9-7-16(11-23(22)35-2)14-29-31-25(30-20-6-4-3-5-19(20)26(31)32)24-13-17-12-18(28)8-10-21(17)37-24/h3-15H,1-2H3,(H,33,34)/t15-/m0/s1. The highest BCUT2D eigenvalue weighted by atomic mass is 79.9. The molecule has 1 atom stereocenters. The van der Waals surface area contributed by atoms with Gasteiger partial charge in [0.1, 0.15) is 5.58 Å². The molecule has 186 valence electrons. The number of nitrogens with zero attached hydrogens (tertiary/aromatic N) is 3. The van der Waals surface area contributed by atoms with Crippen LogP contribution in [-0.4, -0.2) is 40.2 Å². The number of rotatable bonds is 7. The lowest BCUT2D eigenvalue weighted by atomic mass is 10.2. The highest BCUT2D eigenvalue weighted by Crippen LogP contribution is 2.30. The summed E-state index contributed by atoms with van der Waals surface area (Å²) in [4.78, 5) is 29.3. The third kappa shape index (κ3) is 4.83. The van der Waals surface area contributed by atoms with Crippen LogP contribution in [0.15, 0.2) is 85.5 Å². The van der Waals surface area contributed by atoms with Gasteiger partial charge in [0.15, 0.2) is 23.4 Å². The largest absolute Gasteiger partial charge is 0.493 e. The van der Waals surface area contributed by atoms with Crippen molar-refractivity contribution in [3.05, 3.63) is 87.1 Å². The van der Waals surface area contributed by atoms with Crippen LogP contribution in [0.4, 0.5) is 0 Å². The van der Waals surface area contributed by atoms with Gasteiger partial charge < -0.3 is 19.0 Å². The van der Waals surface area contributed by atoms with Gasteiger partial charge in [-0.15, -0.1) is 0 Å². The Labute approximate surface area is 218 Å². The molecule has 0 fully saturated rings. The Hall–Kier alpha value is -4.44. The second-order valence-electron chi connectivity index (χ2n) is 8.12. The van der Waals surface area contributed by atoms with E-state index in [4.69, 9.17) is 19.0 Å². The van der Waals surface area contributed by atoms with Gasteiger partial charge in [-0.05, 0) is 67.1 Å². The number of furan rings is 1. The van der Waals surface area contributed by atoms with E-state index in [1.165, 1.54) is 24.9 Å². The zero-order valence-electron chi connectivity index (χ0n) is 19.7. The summed E-state index contributed by atoms with van der Waals surface area (Å²) in [5, 5.41) is 14.8. The number of aromatic nitrogens is 2. The molecule has 5 aromatic rings. The number of benzene rings is 3. The molecule has 0 bridgehead atoms. The van der Waals surface area contributed by atoms with Gasteiger partial charge in [-0.2, -0.15) is 9.78 Å². The van der Waals surface area contributed by atoms with Gasteiger partial charge in [-0.1, -0.05) is 28.1 Å². The van der Waals surface area contributed by atoms with Crippen molar-refractivity contribution in [3.8, 4) is 23.1 Å². The van der Waals surface area contributed by atoms with E-state index in [2.05, 4.69) is 26.0 Å². The third-order valence-corrected chi connectivity index (χ3v) is 6.11. The van der Waals surface area contributed by atoms with Crippen LogP contribution in [0.1, 0.15) is 12.5 Å². The zero-order chi connectivity index (χ0) is 26.1. The van der Waals surface area contributed by atoms with Crippen LogP contribution in [0, 0.1) is 0 Å². The molecule has 0 aliphatic heterocycles. The number of carbonyl (C=O) groups is 1. The Morgan fingerprint density at radius 3 is 2.73 bits per heavy atom. The SMILES string of the molecule is COc1cc(C=Nn2c(-c3cc4cc(Br)ccc4o3)nc3ccccc3c2=O)ccc1O[C@@H](C)C(=O)O. The number of carboxylic acid groups (broad SMARTS) is 1. The van der Waals surface area contributed by atoms with E-state index >= 15 is 0 Å². The second kappa shape index (κ2) is 9.90. The maximum Gasteiger partial charge on any atom is 0.344 e. The van der Waals surface area contributed by atoms with Crippen molar-refractivity contribution in [2.24, 2.45) is 5.10 Å². The number of ether oxygens (including phenoxy) is 2. The first-order chi connectivity index (χ1) is 17.8. The Kier molecular flexibility index (Phi) is 6.49. The van der Waals surface area contributed by atoms with E-state index in [9.17, 15) is 9.59 Å². The lowest BCUT2D eigenvalue weighted by molar-refractivity contribution is -0.144. The summed E-state index contributed by atoms with van der Waals surface area (Å²) in [6.07, 6.45) is 0.427. The second-order valence-corrected chi connectivity index (χ2v) is 9.03. The Morgan fingerprint density at radius 2 is 1.95 bits per heavy atom. The first kappa shape index (κ1) is 24.3. The number of para-hydroxylation sites is 1. The van der Waals surface area contributed by atoms with Gasteiger partial charge in [0.05, 0.1) is 24.2 Å². The quantitative estimate of drug-likeness (QED) is 0.267. The lowest BCUT2D eigenvalue weighted by Gasteiger charge is -2.14. The molecule has 3 aromatic carbocycles. The molecule has 0 aliphatic carbocycles. The molecule has 10 heteroatoms. The molecule has 0 aliphatic rings. The molecule has 2 heterocycles. The molecule has 9 nitrogen and oxygen atoms in total. The summed E-state index contributed by atoms with van der Waals surface area (Å²) in [7, 11) is 1.45. The molecule has 0 amide bonds. The predicted octanol–water partition coefficient (Wildman–Crippen LogP) is 5.31. The van der Waals surface area contributed by atoms with Crippen LogP contribution in [0.2, 0.25) is 0 Å². The minimum Gasteiger partial charge on any atom is -0.493 e. The Morgan fingerprint density at radius 1 is 1.14 bits per heavy atom. The molecule has 1 N–H and O–H groups in total. The van der Waals surface area contributed by atoms with E-state index in [0.29, 0.717) is 33.6 Å². The molecule has 5 rings (SSSR count). The van der Waals surface area contributed by atoms with Crippen molar-refractivity contribution in [2.75, 3.05) is 7.11 Å². The maximum atomic E-state index is 13.4. The summed E-state index contributed by atoms with van der Waals surface area (Å²) in [6.45, 7) is 1.43. The van der Waals surface area contributed by atoms with E-state index in [0.717, 1.165) is 9.86 Å². The van der Waals surface area contributed by atoms with Gasteiger partial charge in [-0.3, -0.25) is 4.79 Å². The number of methoxy groups -OCH3 is 1. The highest BCUT2D eigenvalue weighted by molar-refractivity contribution is 9.10. The van der Waals surface area contributed by atoms with E-state index in [-0.39, 0.29) is 17.1 Å². The topological polar surface area (TPSA) is 116 Å². The maximum absolute atomic E-state index is 13.4. The van der Waals surface area contributed by atoms with Gasteiger partial charge in [0, 0.05) is 9.86 Å². The fourth-order valence-electron chi connectivity index (χ4n) is 3.74. The minimum absolute atomic E-state index is 0.245. The van der Waals surface area contributed by atoms with Crippen molar-refractivity contribution in [2.45, 2.75) is 13.0 Å². The molecular weight excluding hydrogens is 542 g/mol. The summed E-state index contributed by atoms with van der Waals surface area (Å²) in [5.74, 6) is 0.130. The number of hydrogen-bond acceptors (Lipinski definition) is 7. The lowest BCUT2D eigenvalue weighted by Crippen LogP contribution is -2.23. The van der Waals surface area contributed by atoms with Gasteiger partial charge in [0.2, 0.25) is 5.82 Å². The first-order valence-corrected chi connectivity index (χ1v) is 12.0. The first-order valence-electron chi connectivity index (χ1n) is 11.2. The summed E-state index contributed by atoms with van der Waals surface area (Å²) in [5.41, 5.74) is 1.39. The number of aliphatic carboxylic acids is 1. The zero-order valence-corrected chi connectivity index (χ0v) is 21.3. The molecule has 0 saturated heterocycles. The molecule has 0 saturated carbocycles. The Balaban J connectivity index is 1.60. The monoisotopic (exact) mass is 561 g/mol. The van der Waals surface area contributed by atoms with Crippen LogP contribution in [-0.2, 0) is 4.79 Å². The molecule has 0 radical (unpaired) electrons. The fourth-order valence-corrected chi connectivity index (χ4v) is 4.12. The number of hydrogen-bond donors (Lipinski definition) is 1. The van der Waals surface area contributed by atoms with Crippen LogP contribution in [0.5, 0.6) is 11.5 Å². The fraction of sp³-hybridized carbons (Fsp3) is 0.111. The van der Waals surface area contributed by atoms with Crippen molar-refractivity contribution in [1.82, 2.24) is 9.66 Å². The summed E-state index contributed by atoms with van der Waals surface area (Å²) in [6, 6.07) is 19.3. The van der Waals surface area contributed by atoms with Gasteiger partial charge in [0.25, 0.3) is 5.56 Å². The summed E-state index contributed by atoms with van der Waals surface area (Å²) >= 11 is 3.46. The van der Waals surface area contributed by atoms with Crippen LogP contribution < -0.4 is 15.0 Å². The van der Waals surface area contributed by atoms with Crippen molar-refractivity contribution < 1.29 is 23.8 Å². The van der Waals surface area contributed by atoms with Crippen molar-refractivity contribution in [1.29, 1.82) is 0 Å². The number of halogens is 1. The molecule has 2 aromatic heterocycles. The predicted molar refractivity (Wildman–Crippen MR) is 143 cm³/mol. The van der Waals surface area contributed by atoms with E-state index in [1.54, 1.807) is 42.5 Å². The van der Waals surface area contributed by atoms with Gasteiger partial charge in [-0.25, -0.2) is 9.78 Å². The van der Waals surface area contributed by atoms with E-state index in [1.807, 2.05) is 24.3 Å². The normalized spacial score (nSPS) is 12.3. The van der Waals surface area contributed by atoms with Crippen LogP contribution in [0.3, 0.4) is 0 Å². The number of fused-ring (bicyclic) bond motifs is 2. The van der Waals surface area contributed by atoms with Crippen LogP contribution in [0.25, 0.3) is 33.5 Å². The number of carboxylic acids is 1. The average molecular weight is 562 g/mol. The van der Waals surface area contributed by atoms with Crippen LogP contribution >= 0.6 is 15.9 Å². The molecule has 37 heavy (non-hydrogen) atoms. The highest BCUT2D eigenvalue weighted by Gasteiger charge is 2.18. The van der Waals surface area contributed by atoms with Crippen molar-refractivity contribution in [3.63, 3.8) is 0 Å². The van der Waals surface area contributed by atoms with Gasteiger partial charge >= 0.3 is 5.97 Å². The molecular formula is C27H20BrN3O6. The Bertz CT molecular complexity index is 1740. The average Bonchev–Trinajstić information content (AvgIpc) is 3.31. The smallest absolute Gasteiger partial charge is 0.344 e. The third-order valence-electron chi connectivity index (χ3n) is 5.61.